The minimum Gasteiger partial charge on any atom is -0.356 e. The predicted molar refractivity (Wildman–Crippen MR) is 132 cm³/mol. The van der Waals surface area contributed by atoms with Gasteiger partial charge < -0.3 is 4.90 Å². The van der Waals surface area contributed by atoms with E-state index in [1.807, 2.05) is 0 Å². The zero-order valence-corrected chi connectivity index (χ0v) is 20.0. The Kier molecular flexibility index (Phi) is 4.69. The topological polar surface area (TPSA) is 6.48 Å². The Hall–Kier alpha value is -1.54. The largest absolute Gasteiger partial charge is 0.356 e. The van der Waals surface area contributed by atoms with Gasteiger partial charge in [-0.3, -0.25) is 4.90 Å². The molecule has 0 atom stereocenters. The average Bonchev–Trinajstić information content (AvgIpc) is 3.22. The standard InChI is InChI=1S/C29H40N2/c1-19(2)25-6-5-24-7-8-26(20(3)4)28(27(24)14-25)30-9-10-31(18-30)29-15-21-11-22(16-29)13-23(12-21)17-29/h5-8,14,19-23H,9-13,15-18H2,1-4H3. The van der Waals surface area contributed by atoms with E-state index in [9.17, 15) is 0 Å². The molecule has 1 aliphatic heterocycles. The molecule has 166 valence electrons. The number of rotatable bonds is 4. The van der Waals surface area contributed by atoms with Gasteiger partial charge in [-0.15, -0.1) is 0 Å². The quantitative estimate of drug-likeness (QED) is 0.523. The van der Waals surface area contributed by atoms with Gasteiger partial charge >= 0.3 is 0 Å². The van der Waals surface area contributed by atoms with Gasteiger partial charge in [0, 0.05) is 29.7 Å². The summed E-state index contributed by atoms with van der Waals surface area (Å²) in [6, 6.07) is 11.9. The minimum absolute atomic E-state index is 0.523. The number of fused-ring (bicyclic) bond motifs is 1. The Morgan fingerprint density at radius 2 is 1.45 bits per heavy atom. The van der Waals surface area contributed by atoms with E-state index in [4.69, 9.17) is 0 Å². The molecule has 2 nitrogen and oxygen atoms in total. The van der Waals surface area contributed by atoms with Crippen molar-refractivity contribution in [1.29, 1.82) is 0 Å². The van der Waals surface area contributed by atoms with Gasteiger partial charge in [0.15, 0.2) is 0 Å². The van der Waals surface area contributed by atoms with Crippen LogP contribution >= 0.6 is 0 Å². The second-order valence-electron chi connectivity index (χ2n) is 12.1. The summed E-state index contributed by atoms with van der Waals surface area (Å²) in [6.45, 7) is 12.9. The molecule has 0 spiro atoms. The minimum atomic E-state index is 0.523. The molecule has 5 aliphatic rings. The van der Waals surface area contributed by atoms with E-state index >= 15 is 0 Å². The van der Waals surface area contributed by atoms with Crippen molar-refractivity contribution < 1.29 is 0 Å². The van der Waals surface area contributed by atoms with Crippen LogP contribution in [-0.4, -0.2) is 30.2 Å². The Morgan fingerprint density at radius 3 is 2.06 bits per heavy atom. The molecule has 31 heavy (non-hydrogen) atoms. The van der Waals surface area contributed by atoms with E-state index in [1.54, 1.807) is 0 Å². The van der Waals surface area contributed by atoms with Gasteiger partial charge in [0.2, 0.25) is 0 Å². The lowest BCUT2D eigenvalue weighted by atomic mass is 9.52. The summed E-state index contributed by atoms with van der Waals surface area (Å²) in [4.78, 5) is 5.69. The van der Waals surface area contributed by atoms with E-state index < -0.39 is 0 Å². The summed E-state index contributed by atoms with van der Waals surface area (Å²) in [7, 11) is 0. The molecule has 2 heteroatoms. The van der Waals surface area contributed by atoms with Gasteiger partial charge in [0.1, 0.15) is 0 Å². The van der Waals surface area contributed by atoms with Crippen LogP contribution in [0.5, 0.6) is 0 Å². The van der Waals surface area contributed by atoms with Crippen LogP contribution in [0.3, 0.4) is 0 Å². The smallest absolute Gasteiger partial charge is 0.0713 e. The molecule has 5 fully saturated rings. The summed E-state index contributed by atoms with van der Waals surface area (Å²) < 4.78 is 0. The van der Waals surface area contributed by atoms with Crippen LogP contribution in [0.15, 0.2) is 30.3 Å². The first kappa shape index (κ1) is 20.1. The fourth-order valence-electron chi connectivity index (χ4n) is 8.13. The summed E-state index contributed by atoms with van der Waals surface area (Å²) in [5, 5.41) is 2.88. The SMILES string of the molecule is CC(C)c1ccc2ccc(C(C)C)c(N3CCN(C45CC6CC(CC(C6)C4)C5)C3)c2c1. The van der Waals surface area contributed by atoms with Crippen molar-refractivity contribution in [3.8, 4) is 0 Å². The zero-order chi connectivity index (χ0) is 21.3. The van der Waals surface area contributed by atoms with E-state index in [2.05, 4.69) is 67.8 Å². The van der Waals surface area contributed by atoms with Crippen LogP contribution in [0.4, 0.5) is 5.69 Å². The molecule has 2 aromatic rings. The molecular weight excluding hydrogens is 376 g/mol. The van der Waals surface area contributed by atoms with Crippen LogP contribution < -0.4 is 4.90 Å². The molecule has 4 saturated carbocycles. The van der Waals surface area contributed by atoms with E-state index in [0.29, 0.717) is 17.4 Å². The molecule has 0 amide bonds. The Balaban J connectivity index is 1.37. The first-order valence-corrected chi connectivity index (χ1v) is 13.0. The van der Waals surface area contributed by atoms with Crippen molar-refractivity contribution in [1.82, 2.24) is 4.90 Å². The highest BCUT2D eigenvalue weighted by Crippen LogP contribution is 2.58. The lowest BCUT2D eigenvalue weighted by Gasteiger charge is -2.60. The first-order valence-electron chi connectivity index (χ1n) is 13.0. The van der Waals surface area contributed by atoms with Crippen LogP contribution in [0, 0.1) is 17.8 Å². The second-order valence-corrected chi connectivity index (χ2v) is 12.1. The van der Waals surface area contributed by atoms with Gasteiger partial charge in [-0.05, 0) is 90.7 Å². The Bertz CT molecular complexity index is 947. The second kappa shape index (κ2) is 7.24. The molecule has 4 bridgehead atoms. The van der Waals surface area contributed by atoms with Crippen molar-refractivity contribution in [2.24, 2.45) is 17.8 Å². The third kappa shape index (κ3) is 3.24. The Morgan fingerprint density at radius 1 is 0.806 bits per heavy atom. The lowest BCUT2D eigenvalue weighted by molar-refractivity contribution is -0.0797. The average molecular weight is 417 g/mol. The third-order valence-corrected chi connectivity index (χ3v) is 9.31. The highest BCUT2D eigenvalue weighted by molar-refractivity contribution is 5.97. The number of benzene rings is 2. The van der Waals surface area contributed by atoms with E-state index in [1.165, 1.54) is 79.2 Å². The summed E-state index contributed by atoms with van der Waals surface area (Å²) in [6.07, 6.45) is 9.06. The van der Waals surface area contributed by atoms with Crippen LogP contribution in [0.25, 0.3) is 10.8 Å². The number of hydrogen-bond donors (Lipinski definition) is 0. The van der Waals surface area contributed by atoms with Crippen molar-refractivity contribution in [3.05, 3.63) is 41.5 Å². The Labute approximate surface area is 189 Å². The lowest BCUT2D eigenvalue weighted by Crippen LogP contribution is -2.59. The molecule has 2 aromatic carbocycles. The molecule has 4 aliphatic carbocycles. The number of anilines is 1. The fourth-order valence-corrected chi connectivity index (χ4v) is 8.13. The molecule has 0 N–H and O–H groups in total. The van der Waals surface area contributed by atoms with Gasteiger partial charge in [-0.25, -0.2) is 0 Å². The number of nitrogens with zero attached hydrogens (tertiary/aromatic N) is 2. The molecule has 0 aromatic heterocycles. The van der Waals surface area contributed by atoms with Crippen molar-refractivity contribution in [2.75, 3.05) is 24.7 Å². The fraction of sp³-hybridized carbons (Fsp3) is 0.655. The monoisotopic (exact) mass is 416 g/mol. The van der Waals surface area contributed by atoms with Crippen LogP contribution in [-0.2, 0) is 0 Å². The maximum absolute atomic E-state index is 2.94. The summed E-state index contributed by atoms with van der Waals surface area (Å²) >= 11 is 0. The van der Waals surface area contributed by atoms with Crippen molar-refractivity contribution in [2.45, 2.75) is 83.6 Å². The molecule has 0 radical (unpaired) electrons. The van der Waals surface area contributed by atoms with Gasteiger partial charge in [0.05, 0.1) is 6.67 Å². The highest BCUT2D eigenvalue weighted by Gasteiger charge is 2.54. The maximum atomic E-state index is 2.94. The van der Waals surface area contributed by atoms with E-state index in [-0.39, 0.29) is 0 Å². The van der Waals surface area contributed by atoms with Crippen LogP contribution in [0.2, 0.25) is 0 Å². The predicted octanol–water partition coefficient (Wildman–Crippen LogP) is 7.13. The highest BCUT2D eigenvalue weighted by atomic mass is 15.4. The first-order chi connectivity index (χ1) is 14.9. The third-order valence-electron chi connectivity index (χ3n) is 9.31. The molecular formula is C29H40N2. The zero-order valence-electron chi connectivity index (χ0n) is 20.0. The van der Waals surface area contributed by atoms with Gasteiger partial charge in [-0.1, -0.05) is 52.0 Å². The summed E-state index contributed by atoms with van der Waals surface area (Å²) in [5.74, 6) is 4.20. The van der Waals surface area contributed by atoms with Crippen molar-refractivity contribution >= 4 is 16.5 Å². The molecule has 1 heterocycles. The van der Waals surface area contributed by atoms with E-state index in [0.717, 1.165) is 24.4 Å². The van der Waals surface area contributed by atoms with Crippen LogP contribution in [0.1, 0.15) is 89.2 Å². The molecule has 0 unspecified atom stereocenters. The normalized spacial score (nSPS) is 32.8. The van der Waals surface area contributed by atoms with Gasteiger partial charge in [-0.2, -0.15) is 0 Å². The number of hydrogen-bond acceptors (Lipinski definition) is 2. The summed E-state index contributed by atoms with van der Waals surface area (Å²) in [5.41, 5.74) is 5.05. The van der Waals surface area contributed by atoms with Crippen molar-refractivity contribution in [3.63, 3.8) is 0 Å². The molecule has 7 rings (SSSR count). The maximum Gasteiger partial charge on any atom is 0.0713 e. The molecule has 1 saturated heterocycles. The van der Waals surface area contributed by atoms with Gasteiger partial charge in [0.25, 0.3) is 0 Å².